The highest BCUT2D eigenvalue weighted by Crippen LogP contribution is 2.64. The molecule has 2 atom stereocenters. The molecular weight excluding hydrogens is 208 g/mol. The van der Waals surface area contributed by atoms with Crippen LogP contribution >= 0.6 is 0 Å². The second-order valence-electron chi connectivity index (χ2n) is 6.14. The molecule has 0 radical (unpaired) electrons. The molecule has 0 saturated heterocycles. The average molecular weight is 232 g/mol. The van der Waals surface area contributed by atoms with Gasteiger partial charge in [-0.3, -0.25) is 4.79 Å². The number of allylic oxidation sites excluding steroid dienone is 4. The Labute approximate surface area is 105 Å². The third-order valence-corrected chi connectivity index (χ3v) is 4.64. The number of Topliss-reactive ketones (excluding diaryl/α,β-unsaturated/α-hetero) is 1. The Morgan fingerprint density at radius 1 is 1.29 bits per heavy atom. The largest absolute Gasteiger partial charge is 0.295 e. The predicted molar refractivity (Wildman–Crippen MR) is 71.8 cm³/mol. The Bertz CT molecular complexity index is 384. The molecule has 1 nitrogen and oxygen atoms in total. The number of hydrogen-bond acceptors (Lipinski definition) is 1. The van der Waals surface area contributed by atoms with Gasteiger partial charge in [0.2, 0.25) is 0 Å². The van der Waals surface area contributed by atoms with E-state index in [4.69, 9.17) is 0 Å². The minimum atomic E-state index is 0.328. The molecule has 94 valence electrons. The van der Waals surface area contributed by atoms with Crippen molar-refractivity contribution < 1.29 is 4.79 Å². The average Bonchev–Trinajstić information content (AvgIpc) is 2.61. The van der Waals surface area contributed by atoms with Crippen LogP contribution in [0.3, 0.4) is 0 Å². The SMILES string of the molecule is CCC=CCC1C(C2=C(C)CCC2=O)C1(C)C. The minimum Gasteiger partial charge on any atom is -0.295 e. The summed E-state index contributed by atoms with van der Waals surface area (Å²) in [6.45, 7) is 8.94. The monoisotopic (exact) mass is 232 g/mol. The summed E-state index contributed by atoms with van der Waals surface area (Å²) in [6, 6.07) is 0. The standard InChI is InChI=1S/C16H24O/c1-5-6-7-8-12-15(16(12,3)4)14-11(2)9-10-13(14)17/h6-7,12,15H,5,8-10H2,1-4H3. The molecular formula is C16H24O. The molecule has 0 bridgehead atoms. The van der Waals surface area contributed by atoms with Crippen LogP contribution in [0.15, 0.2) is 23.3 Å². The fraction of sp³-hybridized carbons (Fsp3) is 0.688. The van der Waals surface area contributed by atoms with Gasteiger partial charge in [0.05, 0.1) is 0 Å². The molecule has 0 aromatic carbocycles. The summed E-state index contributed by atoms with van der Waals surface area (Å²) in [5.41, 5.74) is 2.87. The Morgan fingerprint density at radius 2 is 2.00 bits per heavy atom. The van der Waals surface area contributed by atoms with Crippen LogP contribution in [-0.4, -0.2) is 5.78 Å². The molecule has 0 heterocycles. The lowest BCUT2D eigenvalue weighted by Gasteiger charge is -2.04. The van der Waals surface area contributed by atoms with E-state index < -0.39 is 0 Å². The number of ketones is 1. The highest BCUT2D eigenvalue weighted by Gasteiger charge is 2.59. The molecule has 2 aliphatic rings. The maximum atomic E-state index is 12.0. The van der Waals surface area contributed by atoms with Gasteiger partial charge in [-0.05, 0) is 49.0 Å². The summed E-state index contributed by atoms with van der Waals surface area (Å²) in [6.07, 6.45) is 8.53. The van der Waals surface area contributed by atoms with Crippen molar-refractivity contribution in [2.24, 2.45) is 17.3 Å². The van der Waals surface area contributed by atoms with Crippen LogP contribution in [0.5, 0.6) is 0 Å². The van der Waals surface area contributed by atoms with Crippen molar-refractivity contribution in [3.8, 4) is 0 Å². The number of rotatable bonds is 4. The first kappa shape index (κ1) is 12.6. The maximum Gasteiger partial charge on any atom is 0.159 e. The molecule has 0 spiro atoms. The number of carbonyl (C=O) groups is 1. The Kier molecular flexibility index (Phi) is 3.29. The van der Waals surface area contributed by atoms with E-state index >= 15 is 0 Å². The second-order valence-corrected chi connectivity index (χ2v) is 6.14. The smallest absolute Gasteiger partial charge is 0.159 e. The van der Waals surface area contributed by atoms with E-state index in [0.29, 0.717) is 23.0 Å². The molecule has 1 heteroatoms. The summed E-state index contributed by atoms with van der Waals surface area (Å²) in [7, 11) is 0. The van der Waals surface area contributed by atoms with Gasteiger partial charge in [-0.1, -0.05) is 38.5 Å². The maximum absolute atomic E-state index is 12.0. The van der Waals surface area contributed by atoms with Crippen molar-refractivity contribution in [1.82, 2.24) is 0 Å². The normalized spacial score (nSPS) is 31.6. The van der Waals surface area contributed by atoms with Crippen molar-refractivity contribution >= 4 is 5.78 Å². The van der Waals surface area contributed by atoms with Crippen LogP contribution in [0.4, 0.5) is 0 Å². The third kappa shape index (κ3) is 2.12. The molecule has 1 fully saturated rings. The van der Waals surface area contributed by atoms with Crippen molar-refractivity contribution in [2.45, 2.75) is 53.4 Å². The Hall–Kier alpha value is -0.850. The molecule has 0 aliphatic heterocycles. The zero-order chi connectivity index (χ0) is 12.6. The predicted octanol–water partition coefficient (Wildman–Crippen LogP) is 4.29. The van der Waals surface area contributed by atoms with E-state index in [-0.39, 0.29) is 0 Å². The van der Waals surface area contributed by atoms with Gasteiger partial charge in [-0.15, -0.1) is 0 Å². The highest BCUT2D eigenvalue weighted by atomic mass is 16.1. The lowest BCUT2D eigenvalue weighted by molar-refractivity contribution is -0.115. The summed E-state index contributed by atoms with van der Waals surface area (Å²) in [5, 5.41) is 0. The molecule has 17 heavy (non-hydrogen) atoms. The first-order valence-corrected chi connectivity index (χ1v) is 6.88. The molecule has 0 N–H and O–H groups in total. The summed E-state index contributed by atoms with van der Waals surface area (Å²) in [5.74, 6) is 1.62. The fourth-order valence-electron chi connectivity index (χ4n) is 3.41. The molecule has 0 aromatic rings. The van der Waals surface area contributed by atoms with Crippen LogP contribution in [-0.2, 0) is 4.79 Å². The van der Waals surface area contributed by atoms with Crippen molar-refractivity contribution in [2.75, 3.05) is 0 Å². The summed E-state index contributed by atoms with van der Waals surface area (Å²) in [4.78, 5) is 12.0. The van der Waals surface area contributed by atoms with E-state index in [2.05, 4.69) is 39.8 Å². The summed E-state index contributed by atoms with van der Waals surface area (Å²) < 4.78 is 0. The first-order chi connectivity index (χ1) is 8.00. The lowest BCUT2D eigenvalue weighted by Crippen LogP contribution is -2.02. The van der Waals surface area contributed by atoms with Crippen molar-refractivity contribution in [3.63, 3.8) is 0 Å². The van der Waals surface area contributed by atoms with Crippen molar-refractivity contribution in [1.29, 1.82) is 0 Å². The van der Waals surface area contributed by atoms with E-state index in [9.17, 15) is 4.79 Å². The van der Waals surface area contributed by atoms with Gasteiger partial charge in [0.25, 0.3) is 0 Å². The topological polar surface area (TPSA) is 17.1 Å². The molecule has 1 saturated carbocycles. The Morgan fingerprint density at radius 3 is 2.53 bits per heavy atom. The van der Waals surface area contributed by atoms with Gasteiger partial charge in [0.15, 0.2) is 5.78 Å². The zero-order valence-electron chi connectivity index (χ0n) is 11.5. The second kappa shape index (κ2) is 4.44. The fourth-order valence-corrected chi connectivity index (χ4v) is 3.41. The zero-order valence-corrected chi connectivity index (χ0v) is 11.5. The van der Waals surface area contributed by atoms with E-state index in [1.165, 1.54) is 11.1 Å². The summed E-state index contributed by atoms with van der Waals surface area (Å²) >= 11 is 0. The number of carbonyl (C=O) groups excluding carboxylic acids is 1. The van der Waals surface area contributed by atoms with Crippen LogP contribution in [0.2, 0.25) is 0 Å². The van der Waals surface area contributed by atoms with Crippen LogP contribution in [0.1, 0.15) is 53.4 Å². The van der Waals surface area contributed by atoms with Crippen LogP contribution < -0.4 is 0 Å². The minimum absolute atomic E-state index is 0.328. The van der Waals surface area contributed by atoms with Crippen LogP contribution in [0.25, 0.3) is 0 Å². The quantitative estimate of drug-likeness (QED) is 0.661. The van der Waals surface area contributed by atoms with Gasteiger partial charge in [0.1, 0.15) is 0 Å². The number of hydrogen-bond donors (Lipinski definition) is 0. The first-order valence-electron chi connectivity index (χ1n) is 6.88. The van der Waals surface area contributed by atoms with Gasteiger partial charge >= 0.3 is 0 Å². The lowest BCUT2D eigenvalue weighted by atomic mass is 10.00. The van der Waals surface area contributed by atoms with Gasteiger partial charge in [-0.25, -0.2) is 0 Å². The molecule has 2 unspecified atom stereocenters. The van der Waals surface area contributed by atoms with Crippen molar-refractivity contribution in [3.05, 3.63) is 23.3 Å². The molecule has 0 aromatic heterocycles. The third-order valence-electron chi connectivity index (χ3n) is 4.64. The Balaban J connectivity index is 2.10. The van der Waals surface area contributed by atoms with Gasteiger partial charge in [0, 0.05) is 6.42 Å². The van der Waals surface area contributed by atoms with E-state index in [0.717, 1.165) is 25.7 Å². The van der Waals surface area contributed by atoms with Gasteiger partial charge in [-0.2, -0.15) is 0 Å². The molecule has 2 aliphatic carbocycles. The molecule has 2 rings (SSSR count). The van der Waals surface area contributed by atoms with Crippen LogP contribution in [0, 0.1) is 17.3 Å². The highest BCUT2D eigenvalue weighted by molar-refractivity contribution is 5.99. The van der Waals surface area contributed by atoms with Gasteiger partial charge < -0.3 is 0 Å². The molecule has 0 amide bonds. The van der Waals surface area contributed by atoms with E-state index in [1.54, 1.807) is 0 Å². The van der Waals surface area contributed by atoms with E-state index in [1.807, 2.05) is 0 Å².